The second-order valence-corrected chi connectivity index (χ2v) is 13.1. The lowest BCUT2D eigenvalue weighted by atomic mass is 10.1. The molecule has 0 saturated carbocycles. The van der Waals surface area contributed by atoms with Crippen molar-refractivity contribution in [3.05, 3.63) is 83.9 Å². The number of aromatic amines is 1. The molecule has 2 fully saturated rings. The Labute approximate surface area is 243 Å². The normalized spacial score (nSPS) is 18.0. The van der Waals surface area contributed by atoms with Gasteiger partial charge in [-0.25, -0.2) is 8.42 Å². The lowest BCUT2D eigenvalue weighted by Gasteiger charge is -2.34. The van der Waals surface area contributed by atoms with Gasteiger partial charge in [0.15, 0.2) is 0 Å². The van der Waals surface area contributed by atoms with Crippen LogP contribution in [0, 0.1) is 6.92 Å². The van der Waals surface area contributed by atoms with Gasteiger partial charge in [-0.2, -0.15) is 4.31 Å². The number of fused-ring (bicyclic) bond motifs is 1. The van der Waals surface area contributed by atoms with Crippen LogP contribution < -0.4 is 4.90 Å². The number of hydrogen-bond donors (Lipinski definition) is 1. The van der Waals surface area contributed by atoms with Crippen LogP contribution in [0.1, 0.15) is 31.5 Å². The first kappa shape index (κ1) is 27.5. The molecule has 0 spiro atoms. The predicted molar refractivity (Wildman–Crippen MR) is 164 cm³/mol. The van der Waals surface area contributed by atoms with Gasteiger partial charge in [-0.05, 0) is 61.2 Å². The highest BCUT2D eigenvalue weighted by molar-refractivity contribution is 7.89. The molecule has 3 aromatic carbocycles. The van der Waals surface area contributed by atoms with Crippen molar-refractivity contribution in [2.45, 2.75) is 30.8 Å². The number of aryl methyl sites for hydroxylation is 1. The predicted octanol–water partition coefficient (Wildman–Crippen LogP) is 5.21. The second-order valence-electron chi connectivity index (χ2n) is 11.0. The number of hydrogen-bond acceptors (Lipinski definition) is 5. The molecular formula is C32H38N4O4S. The van der Waals surface area contributed by atoms with Crippen molar-refractivity contribution in [1.82, 2.24) is 14.2 Å². The number of nitrogens with one attached hydrogen (secondary N) is 1. The Balaban J connectivity index is 0.00000353. The molecule has 9 heteroatoms. The van der Waals surface area contributed by atoms with Crippen molar-refractivity contribution < 1.29 is 19.4 Å². The van der Waals surface area contributed by atoms with E-state index in [1.54, 1.807) is 17.0 Å². The van der Waals surface area contributed by atoms with Crippen LogP contribution in [0.4, 0.5) is 5.69 Å². The molecule has 8 nitrogen and oxygen atoms in total. The van der Waals surface area contributed by atoms with E-state index in [1.807, 2.05) is 36.4 Å². The Morgan fingerprint density at radius 2 is 1.80 bits per heavy atom. The van der Waals surface area contributed by atoms with Crippen LogP contribution in [-0.4, -0.2) is 74.9 Å². The zero-order valence-corrected chi connectivity index (χ0v) is 24.4. The van der Waals surface area contributed by atoms with Crippen LogP contribution >= 0.6 is 0 Å². The minimum Gasteiger partial charge on any atom is -0.371 e. The van der Waals surface area contributed by atoms with Crippen molar-refractivity contribution in [3.63, 3.8) is 0 Å². The van der Waals surface area contributed by atoms with Gasteiger partial charge in [0.05, 0.1) is 24.6 Å². The van der Waals surface area contributed by atoms with E-state index in [2.05, 4.69) is 41.1 Å². The van der Waals surface area contributed by atoms with Crippen LogP contribution in [0.15, 0.2) is 77.7 Å². The fraction of sp³-hybridized carbons (Fsp3) is 0.344. The Morgan fingerprint density at radius 1 is 1.02 bits per heavy atom. The fourth-order valence-electron chi connectivity index (χ4n) is 5.81. The number of H-pyrrole nitrogens is 1. The number of nitrogens with zero attached hydrogens (tertiary/aromatic N) is 3. The average Bonchev–Trinajstić information content (AvgIpc) is 3.67. The topological polar surface area (TPSA) is 85.9 Å². The molecule has 0 aliphatic carbocycles. The number of amides is 1. The van der Waals surface area contributed by atoms with E-state index in [1.165, 1.54) is 7.05 Å². The Morgan fingerprint density at radius 3 is 2.59 bits per heavy atom. The summed E-state index contributed by atoms with van der Waals surface area (Å²) >= 11 is 0. The zero-order chi connectivity index (χ0) is 28.6. The summed E-state index contributed by atoms with van der Waals surface area (Å²) < 4.78 is 34.6. The minimum atomic E-state index is -3.92. The van der Waals surface area contributed by atoms with Crippen LogP contribution in [0.5, 0.6) is 0 Å². The van der Waals surface area contributed by atoms with E-state index in [0.29, 0.717) is 19.7 Å². The van der Waals surface area contributed by atoms with Gasteiger partial charge in [-0.3, -0.25) is 4.79 Å². The highest BCUT2D eigenvalue weighted by atomic mass is 32.2. The third-order valence-electron chi connectivity index (χ3n) is 8.14. The molecule has 2 aliphatic rings. The number of benzene rings is 3. The van der Waals surface area contributed by atoms with E-state index in [0.717, 1.165) is 69.2 Å². The highest BCUT2D eigenvalue weighted by Gasteiger charge is 2.30. The minimum absolute atomic E-state index is 0. The fourth-order valence-corrected chi connectivity index (χ4v) is 6.96. The number of sulfonamides is 1. The second kappa shape index (κ2) is 11.3. The van der Waals surface area contributed by atoms with Crippen molar-refractivity contribution in [2.75, 3.05) is 51.3 Å². The summed E-state index contributed by atoms with van der Waals surface area (Å²) in [4.78, 5) is 21.0. The maximum absolute atomic E-state index is 13.8. The number of ether oxygens (including phenoxy) is 1. The van der Waals surface area contributed by atoms with Gasteiger partial charge >= 0.3 is 0 Å². The Kier molecular flexibility index (Phi) is 7.59. The Bertz CT molecular complexity index is 1670. The number of likely N-dealkylation sites (N-methyl/N-ethyl adjacent to an activating group) is 1. The molecular weight excluding hydrogens is 536 g/mol. The number of rotatable bonds is 7. The van der Waals surface area contributed by atoms with E-state index >= 15 is 0 Å². The van der Waals surface area contributed by atoms with Crippen LogP contribution in [-0.2, 0) is 19.6 Å². The molecule has 1 atom stereocenters. The molecule has 1 aromatic heterocycles. The van der Waals surface area contributed by atoms with Crippen LogP contribution in [0.25, 0.3) is 22.2 Å². The van der Waals surface area contributed by atoms with Gasteiger partial charge in [0, 0.05) is 56.0 Å². The third kappa shape index (κ3) is 5.62. The van der Waals surface area contributed by atoms with Gasteiger partial charge < -0.3 is 19.5 Å². The molecule has 1 N–H and O–H groups in total. The molecule has 41 heavy (non-hydrogen) atoms. The number of carbonyl (C=O) groups is 1. The summed E-state index contributed by atoms with van der Waals surface area (Å²) in [5.41, 5.74) is 5.92. The monoisotopic (exact) mass is 574 g/mol. The molecule has 2 saturated heterocycles. The number of aromatic nitrogens is 1. The molecule has 1 amide bonds. The standard InChI is InChI=1S/C32H36N4O4S.H2/c1-23-10-11-25-19-29(33-28(25)18-23)27-20-26(12-13-30(27)35-14-6-7-15-35)41(38,39)34(2)22-32(37)36-16-17-40-31(21-36)24-8-4-3-5-9-24;/h3-5,8-13,18-20,31,33H,6-7,14-17,21-22H2,1-2H3;1H/t31-;/m0./s1. The van der Waals surface area contributed by atoms with Gasteiger partial charge in [-0.1, -0.05) is 42.5 Å². The number of carbonyl (C=O) groups excluding carboxylic acids is 1. The summed E-state index contributed by atoms with van der Waals surface area (Å²) in [6.45, 7) is 4.94. The maximum Gasteiger partial charge on any atom is 0.243 e. The smallest absolute Gasteiger partial charge is 0.243 e. The third-order valence-corrected chi connectivity index (χ3v) is 9.94. The first-order valence-electron chi connectivity index (χ1n) is 14.2. The number of morpholine rings is 1. The van der Waals surface area contributed by atoms with Crippen molar-refractivity contribution >= 4 is 32.5 Å². The molecule has 6 rings (SSSR count). The molecule has 0 radical (unpaired) electrons. The molecule has 3 heterocycles. The zero-order valence-electron chi connectivity index (χ0n) is 23.5. The van der Waals surface area contributed by atoms with Crippen molar-refractivity contribution in [2.24, 2.45) is 0 Å². The molecule has 4 aromatic rings. The quantitative estimate of drug-likeness (QED) is 0.328. The van der Waals surface area contributed by atoms with Crippen LogP contribution in [0.3, 0.4) is 0 Å². The van der Waals surface area contributed by atoms with Crippen LogP contribution in [0.2, 0.25) is 0 Å². The molecule has 0 bridgehead atoms. The summed E-state index contributed by atoms with van der Waals surface area (Å²) in [6, 6.07) is 23.4. The van der Waals surface area contributed by atoms with E-state index < -0.39 is 10.0 Å². The first-order chi connectivity index (χ1) is 19.8. The van der Waals surface area contributed by atoms with E-state index in [4.69, 9.17) is 4.74 Å². The van der Waals surface area contributed by atoms with E-state index in [-0.39, 0.29) is 24.9 Å². The van der Waals surface area contributed by atoms with Gasteiger partial charge in [-0.15, -0.1) is 0 Å². The molecule has 0 unspecified atom stereocenters. The highest BCUT2D eigenvalue weighted by Crippen LogP contribution is 2.36. The first-order valence-corrected chi connectivity index (χ1v) is 15.6. The largest absolute Gasteiger partial charge is 0.371 e. The van der Waals surface area contributed by atoms with Gasteiger partial charge in [0.2, 0.25) is 15.9 Å². The molecule has 2 aliphatic heterocycles. The van der Waals surface area contributed by atoms with Gasteiger partial charge in [0.1, 0.15) is 6.10 Å². The summed E-state index contributed by atoms with van der Waals surface area (Å²) in [7, 11) is -2.45. The SMILES string of the molecule is Cc1ccc2cc(-c3cc(S(=O)(=O)N(C)CC(=O)N4CCO[C@H](c5ccccc5)C4)ccc3N3CCCC3)[nH]c2c1.[HH]. The van der Waals surface area contributed by atoms with Crippen molar-refractivity contribution in [1.29, 1.82) is 0 Å². The van der Waals surface area contributed by atoms with Crippen molar-refractivity contribution in [3.8, 4) is 11.3 Å². The lowest BCUT2D eigenvalue weighted by Crippen LogP contribution is -2.47. The summed E-state index contributed by atoms with van der Waals surface area (Å²) in [5, 5.41) is 1.08. The lowest BCUT2D eigenvalue weighted by molar-refractivity contribution is -0.139. The maximum atomic E-state index is 13.8. The summed E-state index contributed by atoms with van der Waals surface area (Å²) in [6.07, 6.45) is 2.00. The summed E-state index contributed by atoms with van der Waals surface area (Å²) in [5.74, 6) is -0.236. The Hall–Kier alpha value is -3.66. The number of anilines is 1. The molecule has 216 valence electrons. The van der Waals surface area contributed by atoms with Gasteiger partial charge in [0.25, 0.3) is 0 Å². The average molecular weight is 575 g/mol. The van der Waals surface area contributed by atoms with E-state index in [9.17, 15) is 13.2 Å².